The third-order valence-corrected chi connectivity index (χ3v) is 10.7. The van der Waals surface area contributed by atoms with Crippen LogP contribution < -0.4 is 50.8 Å². The highest BCUT2D eigenvalue weighted by molar-refractivity contribution is 6.34. The Kier molecular flexibility index (Phi) is 12.0. The molecule has 63 heavy (non-hydrogen) atoms. The van der Waals surface area contributed by atoms with Crippen molar-refractivity contribution in [3.05, 3.63) is 106 Å². The largest absolute Gasteiger partial charge is 0.496 e. The lowest BCUT2D eigenvalue weighted by Gasteiger charge is -2.28. The van der Waals surface area contributed by atoms with Gasteiger partial charge in [-0.25, -0.2) is 9.59 Å². The average Bonchev–Trinajstić information content (AvgIpc) is 4.20. The van der Waals surface area contributed by atoms with Crippen molar-refractivity contribution in [2.24, 2.45) is 0 Å². The van der Waals surface area contributed by atoms with E-state index in [2.05, 4.69) is 41.9 Å². The van der Waals surface area contributed by atoms with Crippen LogP contribution in [0.4, 0.5) is 21.0 Å². The molecule has 4 aromatic carbocycles. The zero-order valence-electron chi connectivity index (χ0n) is 34.5. The molecule has 2 saturated carbocycles. The van der Waals surface area contributed by atoms with Gasteiger partial charge >= 0.3 is 12.1 Å². The smallest absolute Gasteiger partial charge is 0.319 e. The Morgan fingerprint density at radius 2 is 1.00 bits per heavy atom. The fourth-order valence-electron chi connectivity index (χ4n) is 6.62. The van der Waals surface area contributed by atoms with Crippen LogP contribution in [0.5, 0.6) is 34.5 Å². The zero-order chi connectivity index (χ0) is 44.4. The first-order valence-corrected chi connectivity index (χ1v) is 20.7. The quantitative estimate of drug-likeness (QED) is 0.0573. The maximum absolute atomic E-state index is 14.0. The van der Waals surface area contributed by atoms with Gasteiger partial charge in [0.25, 0.3) is 11.8 Å². The summed E-state index contributed by atoms with van der Waals surface area (Å²) in [5.41, 5.74) is 0.785. The third kappa shape index (κ3) is 10.2. The van der Waals surface area contributed by atoms with E-state index in [4.69, 9.17) is 42.1 Å². The van der Waals surface area contributed by atoms with Crippen LogP contribution in [-0.2, 0) is 0 Å². The number of methoxy groups -OCH3 is 2. The number of pyridine rings is 2. The van der Waals surface area contributed by atoms with Gasteiger partial charge in [0, 0.05) is 59.5 Å². The SMILES string of the molecule is COc1cc2nccc(Oc3ccc(NC(=O)NC4CC4)c(Cl)c3)c2cc1C(=O)NC(C)(C)NC(=O)c1cc2c(Oc3ccc(NC(=O)NC4CC4)c(Cl)c3)ccnc2cc1OC. The number of amides is 6. The molecule has 2 aliphatic rings. The van der Waals surface area contributed by atoms with E-state index in [0.717, 1.165) is 25.7 Å². The summed E-state index contributed by atoms with van der Waals surface area (Å²) in [7, 11) is 2.87. The number of rotatable bonds is 14. The van der Waals surface area contributed by atoms with E-state index in [-0.39, 0.29) is 56.8 Å². The second-order valence-electron chi connectivity index (χ2n) is 15.5. The summed E-state index contributed by atoms with van der Waals surface area (Å²) in [5, 5.41) is 18.5. The van der Waals surface area contributed by atoms with Crippen LogP contribution in [0, 0.1) is 0 Å². The molecular formula is C45H42Cl2N8O8. The summed E-state index contributed by atoms with van der Waals surface area (Å²) in [5.74, 6) is 0.849. The fraction of sp³-hybridized carbons (Fsp3) is 0.244. The third-order valence-electron chi connectivity index (χ3n) is 10.0. The number of anilines is 2. The Morgan fingerprint density at radius 1 is 0.587 bits per heavy atom. The molecule has 0 atom stereocenters. The summed E-state index contributed by atoms with van der Waals surface area (Å²) < 4.78 is 23.6. The number of aromatic nitrogens is 2. The second-order valence-corrected chi connectivity index (χ2v) is 16.3. The molecule has 16 nitrogen and oxygen atoms in total. The minimum atomic E-state index is -1.32. The highest BCUT2D eigenvalue weighted by Crippen LogP contribution is 2.38. The number of halogens is 2. The molecule has 0 spiro atoms. The maximum atomic E-state index is 14.0. The van der Waals surface area contributed by atoms with Gasteiger partial charge in [0.05, 0.1) is 57.8 Å². The maximum Gasteiger partial charge on any atom is 0.319 e. The first kappa shape index (κ1) is 42.6. The predicted molar refractivity (Wildman–Crippen MR) is 239 cm³/mol. The number of fused-ring (bicyclic) bond motifs is 2. The number of urea groups is 2. The number of nitrogens with one attached hydrogen (secondary N) is 6. The molecule has 8 rings (SSSR count). The van der Waals surface area contributed by atoms with Crippen LogP contribution in [0.1, 0.15) is 60.2 Å². The van der Waals surface area contributed by atoms with Crippen LogP contribution in [0.25, 0.3) is 21.8 Å². The average molecular weight is 894 g/mol. The topological polar surface area (TPSA) is 203 Å². The number of carbonyl (C=O) groups excluding carboxylic acids is 4. The van der Waals surface area contributed by atoms with Gasteiger partial charge < -0.3 is 50.8 Å². The predicted octanol–water partition coefficient (Wildman–Crippen LogP) is 9.16. The number of hydrogen-bond acceptors (Lipinski definition) is 10. The molecule has 6 aromatic rings. The Balaban J connectivity index is 0.985. The van der Waals surface area contributed by atoms with Gasteiger partial charge in [-0.2, -0.15) is 0 Å². The molecule has 2 fully saturated rings. The van der Waals surface area contributed by atoms with Crippen molar-refractivity contribution in [3.63, 3.8) is 0 Å². The number of nitrogens with zero attached hydrogens (tertiary/aromatic N) is 2. The lowest BCUT2D eigenvalue weighted by atomic mass is 10.1. The molecule has 0 saturated heterocycles. The van der Waals surface area contributed by atoms with Gasteiger partial charge in [-0.15, -0.1) is 0 Å². The first-order chi connectivity index (χ1) is 30.2. The number of ether oxygens (including phenoxy) is 4. The van der Waals surface area contributed by atoms with Gasteiger partial charge in [-0.05, 0) is 88.1 Å². The molecule has 6 amide bonds. The minimum Gasteiger partial charge on any atom is -0.496 e. The molecule has 6 N–H and O–H groups in total. The van der Waals surface area contributed by atoms with Gasteiger partial charge in [-0.3, -0.25) is 19.6 Å². The normalized spacial score (nSPS) is 13.4. The van der Waals surface area contributed by atoms with E-state index in [0.29, 0.717) is 56.2 Å². The summed E-state index contributed by atoms with van der Waals surface area (Å²) in [4.78, 5) is 61.5. The van der Waals surface area contributed by atoms with Gasteiger partial charge in [-0.1, -0.05) is 23.2 Å². The Morgan fingerprint density at radius 3 is 1.37 bits per heavy atom. The molecule has 324 valence electrons. The van der Waals surface area contributed by atoms with Gasteiger partial charge in [0.2, 0.25) is 0 Å². The van der Waals surface area contributed by atoms with Crippen LogP contribution in [0.3, 0.4) is 0 Å². The minimum absolute atomic E-state index is 0.144. The standard InChI is InChI=1S/C45H42Cl2N8O8/c1-45(2,54-41(56)29-19-27-35(21-39(29)60-3)48-15-13-37(27)62-25-9-11-33(31(46)17-25)52-43(58)50-23-5-6-23)55-42(57)30-20-28-36(22-40(30)61-4)49-16-14-38(28)63-26-10-12-34(32(47)18-26)53-44(59)51-24-7-8-24/h9-24H,5-8H2,1-4H3,(H,54,56)(H,55,57)(H2,50,52,58)(H2,51,53,59). The van der Waals surface area contributed by atoms with E-state index in [9.17, 15) is 19.2 Å². The van der Waals surface area contributed by atoms with Gasteiger partial charge in [0.15, 0.2) is 0 Å². The monoisotopic (exact) mass is 892 g/mol. The second kappa shape index (κ2) is 17.7. The van der Waals surface area contributed by atoms with Crippen molar-refractivity contribution < 1.29 is 38.1 Å². The van der Waals surface area contributed by atoms with Crippen molar-refractivity contribution in [2.45, 2.75) is 57.3 Å². The van der Waals surface area contributed by atoms with Gasteiger partial charge in [0.1, 0.15) is 40.2 Å². The number of hydrogen-bond donors (Lipinski definition) is 6. The van der Waals surface area contributed by atoms with Crippen molar-refractivity contribution in [1.82, 2.24) is 31.2 Å². The number of benzene rings is 4. The van der Waals surface area contributed by atoms with Crippen LogP contribution in [0.15, 0.2) is 85.2 Å². The van der Waals surface area contributed by atoms with E-state index >= 15 is 0 Å². The molecule has 0 aliphatic heterocycles. The molecular weight excluding hydrogens is 851 g/mol. The van der Waals surface area contributed by atoms with Crippen molar-refractivity contribution in [3.8, 4) is 34.5 Å². The van der Waals surface area contributed by atoms with Crippen LogP contribution in [0.2, 0.25) is 10.0 Å². The van der Waals surface area contributed by atoms with E-state index in [1.165, 1.54) is 14.2 Å². The van der Waals surface area contributed by atoms with E-state index in [1.54, 1.807) is 99.0 Å². The summed E-state index contributed by atoms with van der Waals surface area (Å²) in [6, 6.07) is 19.1. The zero-order valence-corrected chi connectivity index (χ0v) is 36.0. The fourth-order valence-corrected chi connectivity index (χ4v) is 7.05. The van der Waals surface area contributed by atoms with Crippen molar-refractivity contribution in [2.75, 3.05) is 24.9 Å². The molecule has 2 aromatic heterocycles. The number of carbonyl (C=O) groups is 4. The molecule has 2 heterocycles. The highest BCUT2D eigenvalue weighted by Gasteiger charge is 2.29. The Labute approximate surface area is 371 Å². The van der Waals surface area contributed by atoms with Crippen LogP contribution in [-0.4, -0.2) is 65.8 Å². The van der Waals surface area contributed by atoms with Crippen molar-refractivity contribution >= 4 is 80.3 Å². The summed E-state index contributed by atoms with van der Waals surface area (Å²) in [6.07, 6.45) is 6.93. The summed E-state index contributed by atoms with van der Waals surface area (Å²) >= 11 is 13.0. The lowest BCUT2D eigenvalue weighted by Crippen LogP contribution is -2.56. The molecule has 18 heteroatoms. The van der Waals surface area contributed by atoms with Crippen molar-refractivity contribution in [1.29, 1.82) is 0 Å². The lowest BCUT2D eigenvalue weighted by molar-refractivity contribution is 0.0831. The molecule has 0 unspecified atom stereocenters. The molecule has 2 aliphatic carbocycles. The van der Waals surface area contributed by atoms with E-state index < -0.39 is 17.5 Å². The molecule has 0 bridgehead atoms. The highest BCUT2D eigenvalue weighted by atomic mass is 35.5. The Bertz CT molecular complexity index is 2610. The molecule has 0 radical (unpaired) electrons. The Hall–Kier alpha value is -7.04. The van der Waals surface area contributed by atoms with E-state index in [1.807, 2.05) is 0 Å². The van der Waals surface area contributed by atoms with Crippen LogP contribution >= 0.6 is 23.2 Å². The first-order valence-electron chi connectivity index (χ1n) is 19.9. The summed E-state index contributed by atoms with van der Waals surface area (Å²) in [6.45, 7) is 3.26.